The van der Waals surface area contributed by atoms with Crippen LogP contribution in [0.5, 0.6) is 0 Å². The maximum Gasteiger partial charge on any atom is 0.341 e. The first-order chi connectivity index (χ1) is 17.1. The van der Waals surface area contributed by atoms with Gasteiger partial charge in [-0.15, -0.1) is 0 Å². The number of rotatable bonds is 10. The summed E-state index contributed by atoms with van der Waals surface area (Å²) in [6.07, 6.45) is 2.74. The van der Waals surface area contributed by atoms with Crippen LogP contribution >= 0.6 is 12.0 Å². The van der Waals surface area contributed by atoms with Crippen LogP contribution < -0.4 is 10.7 Å². The van der Waals surface area contributed by atoms with E-state index in [0.717, 1.165) is 48.3 Å². The second kappa shape index (κ2) is 11.2. The fraction of sp³-hybridized carbons (Fsp3) is 0.615. The predicted octanol–water partition coefficient (Wildman–Crippen LogP) is 3.24. The molecule has 0 saturated carbocycles. The lowest BCUT2D eigenvalue weighted by molar-refractivity contribution is -0.202. The first kappa shape index (κ1) is 27.1. The number of aromatic carboxylic acids is 1. The minimum Gasteiger partial charge on any atom is -0.477 e. The second-order valence-electron chi connectivity index (χ2n) is 10.2. The monoisotopic (exact) mass is 520 g/mol. The third-order valence-corrected chi connectivity index (χ3v) is 7.69. The molecule has 9 nitrogen and oxygen atoms in total. The van der Waals surface area contributed by atoms with Crippen molar-refractivity contribution >= 4 is 28.9 Å². The molecule has 2 unspecified atom stereocenters. The average Bonchev–Trinajstić information content (AvgIpc) is 2.80. The van der Waals surface area contributed by atoms with Crippen molar-refractivity contribution in [2.24, 2.45) is 5.92 Å². The fourth-order valence-electron chi connectivity index (χ4n) is 5.02. The van der Waals surface area contributed by atoms with E-state index in [1.54, 1.807) is 4.57 Å². The van der Waals surface area contributed by atoms with E-state index in [0.29, 0.717) is 18.4 Å². The summed E-state index contributed by atoms with van der Waals surface area (Å²) < 4.78 is 19.1. The van der Waals surface area contributed by atoms with Crippen molar-refractivity contribution in [3.05, 3.63) is 45.2 Å². The van der Waals surface area contributed by atoms with Gasteiger partial charge >= 0.3 is 5.97 Å². The lowest BCUT2D eigenvalue weighted by Gasteiger charge is -2.36. The van der Waals surface area contributed by atoms with Crippen LogP contribution in [0.15, 0.2) is 23.1 Å². The number of benzene rings is 1. The lowest BCUT2D eigenvalue weighted by Crippen LogP contribution is -2.43. The number of aromatic nitrogens is 1. The van der Waals surface area contributed by atoms with Crippen LogP contribution in [0.4, 0.5) is 0 Å². The van der Waals surface area contributed by atoms with Gasteiger partial charge in [-0.05, 0) is 69.7 Å². The van der Waals surface area contributed by atoms with Gasteiger partial charge in [-0.1, -0.05) is 13.0 Å². The number of ether oxygens (including phenoxy) is 2. The summed E-state index contributed by atoms with van der Waals surface area (Å²) in [4.78, 5) is 24.6. The van der Waals surface area contributed by atoms with E-state index in [9.17, 15) is 19.8 Å². The Kier molecular flexibility index (Phi) is 8.43. The third kappa shape index (κ3) is 5.79. The predicted molar refractivity (Wildman–Crippen MR) is 138 cm³/mol. The number of carboxylic acid groups (broad SMARTS) is 1. The van der Waals surface area contributed by atoms with Gasteiger partial charge in [0.25, 0.3) is 0 Å². The zero-order valence-electron chi connectivity index (χ0n) is 21.3. The van der Waals surface area contributed by atoms with Gasteiger partial charge in [0.2, 0.25) is 5.43 Å². The van der Waals surface area contributed by atoms with E-state index in [1.807, 2.05) is 26.8 Å². The van der Waals surface area contributed by atoms with Crippen LogP contribution in [0.3, 0.4) is 0 Å². The van der Waals surface area contributed by atoms with Gasteiger partial charge in [0, 0.05) is 35.9 Å². The largest absolute Gasteiger partial charge is 0.477 e. The molecule has 4 rings (SSSR count). The van der Waals surface area contributed by atoms with Crippen LogP contribution in [-0.4, -0.2) is 58.1 Å². The molecule has 10 heteroatoms. The summed E-state index contributed by atoms with van der Waals surface area (Å²) in [6.45, 7) is 9.70. The molecule has 0 bridgehead atoms. The molecule has 0 aliphatic carbocycles. The van der Waals surface area contributed by atoms with Crippen molar-refractivity contribution in [2.75, 3.05) is 18.8 Å². The minimum atomic E-state index is -1.23. The smallest absolute Gasteiger partial charge is 0.341 e. The molecule has 198 valence electrons. The number of pyridine rings is 1. The highest BCUT2D eigenvalue weighted by molar-refractivity contribution is 7.94. The maximum absolute atomic E-state index is 12.9. The van der Waals surface area contributed by atoms with Gasteiger partial charge in [0.05, 0.1) is 18.2 Å². The second-order valence-corrected chi connectivity index (χ2v) is 11.0. The van der Waals surface area contributed by atoms with Crippen LogP contribution in [0.25, 0.3) is 10.9 Å². The average molecular weight is 521 g/mol. The molecule has 36 heavy (non-hydrogen) atoms. The van der Waals surface area contributed by atoms with Crippen molar-refractivity contribution in [2.45, 2.75) is 77.8 Å². The topological polar surface area (TPSA) is 119 Å². The van der Waals surface area contributed by atoms with Gasteiger partial charge in [-0.2, -0.15) is 0 Å². The first-order valence-corrected chi connectivity index (χ1v) is 13.4. The summed E-state index contributed by atoms with van der Waals surface area (Å²) in [5.41, 5.74) is 1.21. The number of carbonyl (C=O) groups is 1. The number of hydrogen-bond acceptors (Lipinski definition) is 8. The summed E-state index contributed by atoms with van der Waals surface area (Å²) in [7, 11) is 0. The van der Waals surface area contributed by atoms with Gasteiger partial charge in [0.15, 0.2) is 6.29 Å². The molecule has 2 aliphatic rings. The Hall–Kier alpha value is -1.95. The van der Waals surface area contributed by atoms with E-state index in [-0.39, 0.29) is 23.7 Å². The first-order valence-electron chi connectivity index (χ1n) is 12.5. The highest BCUT2D eigenvalue weighted by atomic mass is 32.2. The molecule has 1 saturated heterocycles. The molecule has 1 aromatic carbocycles. The number of nitrogens with one attached hydrogen (secondary N) is 1. The van der Waals surface area contributed by atoms with Crippen LogP contribution in [-0.2, 0) is 32.4 Å². The molecule has 1 fully saturated rings. The third-order valence-electron chi connectivity index (χ3n) is 6.96. The van der Waals surface area contributed by atoms with E-state index in [1.165, 1.54) is 18.2 Å². The number of nitrogens with zero attached hydrogens (tertiary/aromatic N) is 1. The SMILES string of the molecule is CC1C[C@H](O)OC(C)[C@@H]1OSCCNCCCc1cc2c3c(c1)c(=O)c(C(=O)O)cn3C(C)(C)OC2. The van der Waals surface area contributed by atoms with E-state index >= 15 is 0 Å². The molecule has 3 N–H and O–H groups in total. The highest BCUT2D eigenvalue weighted by Gasteiger charge is 2.34. The zero-order chi connectivity index (χ0) is 26.0. The van der Waals surface area contributed by atoms with Gasteiger partial charge in [-0.3, -0.25) is 4.79 Å². The Morgan fingerprint density at radius 3 is 2.81 bits per heavy atom. The molecule has 0 radical (unpaired) electrons. The Labute approximate surface area is 215 Å². The molecule has 0 spiro atoms. The zero-order valence-corrected chi connectivity index (χ0v) is 22.1. The molecule has 2 aliphatic heterocycles. The van der Waals surface area contributed by atoms with Crippen LogP contribution in [0.1, 0.15) is 62.0 Å². The van der Waals surface area contributed by atoms with Gasteiger partial charge < -0.3 is 33.8 Å². The molecular formula is C26H36N2O7S. The lowest BCUT2D eigenvalue weighted by atomic mass is 9.94. The Morgan fingerprint density at radius 1 is 1.31 bits per heavy atom. The normalized spacial score (nSPS) is 25.2. The molecule has 2 aromatic rings. The number of aryl methyl sites for hydroxylation is 1. The molecular weight excluding hydrogens is 484 g/mol. The van der Waals surface area contributed by atoms with E-state index < -0.39 is 23.4 Å². The molecule has 3 heterocycles. The van der Waals surface area contributed by atoms with Crippen molar-refractivity contribution in [1.29, 1.82) is 0 Å². The summed E-state index contributed by atoms with van der Waals surface area (Å²) in [6, 6.07) is 3.89. The molecule has 1 aromatic heterocycles. The highest BCUT2D eigenvalue weighted by Crippen LogP contribution is 2.33. The van der Waals surface area contributed by atoms with Crippen LogP contribution in [0, 0.1) is 5.92 Å². The Bertz CT molecular complexity index is 1150. The molecule has 4 atom stereocenters. The van der Waals surface area contributed by atoms with Crippen molar-refractivity contribution in [1.82, 2.24) is 9.88 Å². The maximum atomic E-state index is 12.9. The fourth-order valence-corrected chi connectivity index (χ4v) is 5.85. The Balaban J connectivity index is 1.30. The van der Waals surface area contributed by atoms with Gasteiger partial charge in [-0.25, -0.2) is 4.79 Å². The number of aliphatic hydroxyl groups excluding tert-OH is 1. The van der Waals surface area contributed by atoms with Crippen molar-refractivity contribution in [3.8, 4) is 0 Å². The summed E-state index contributed by atoms with van der Waals surface area (Å²) in [5, 5.41) is 23.1. The Morgan fingerprint density at radius 2 is 2.08 bits per heavy atom. The van der Waals surface area contributed by atoms with Crippen molar-refractivity contribution < 1.29 is 28.7 Å². The quantitative estimate of drug-likeness (QED) is 0.320. The minimum absolute atomic E-state index is 0.0341. The van der Waals surface area contributed by atoms with E-state index in [4.69, 9.17) is 13.7 Å². The van der Waals surface area contributed by atoms with E-state index in [2.05, 4.69) is 18.3 Å². The number of carboxylic acids is 1. The standard InChI is InChI=1S/C26H36N2O7S/c1-15-10-21(29)34-16(2)24(15)35-36-9-8-27-7-5-6-17-11-18-14-33-26(3,4)28-13-20(25(31)32)23(30)19(12-17)22(18)28/h11-13,15-16,21,24,27,29H,5-10,14H2,1-4H3,(H,31,32)/t15?,16?,21-,24-/m1/s1. The number of aliphatic hydroxyl groups is 1. The summed E-state index contributed by atoms with van der Waals surface area (Å²) >= 11 is 1.42. The summed E-state index contributed by atoms with van der Waals surface area (Å²) in [5.74, 6) is -0.199. The van der Waals surface area contributed by atoms with Crippen LogP contribution in [0.2, 0.25) is 0 Å². The van der Waals surface area contributed by atoms with Crippen molar-refractivity contribution in [3.63, 3.8) is 0 Å². The number of hydrogen-bond donors (Lipinski definition) is 3. The molecule has 0 amide bonds. The van der Waals surface area contributed by atoms with Gasteiger partial charge in [0.1, 0.15) is 17.4 Å².